The Morgan fingerprint density at radius 2 is 1.74 bits per heavy atom. The van der Waals surface area contributed by atoms with Crippen LogP contribution in [0.15, 0.2) is 77.7 Å². The van der Waals surface area contributed by atoms with Crippen LogP contribution in [0.1, 0.15) is 5.56 Å². The quantitative estimate of drug-likeness (QED) is 0.609. The van der Waals surface area contributed by atoms with Gasteiger partial charge in [-0.1, -0.05) is 35.9 Å². The number of aromatic nitrogens is 3. The molecule has 6 heteroatoms. The number of nitrogens with zero attached hydrogens (tertiary/aromatic N) is 3. The number of para-hydroxylation sites is 1. The largest absolute Gasteiger partial charge is 0.324 e. The zero-order chi connectivity index (χ0) is 18.8. The van der Waals surface area contributed by atoms with Crippen LogP contribution in [0.5, 0.6) is 0 Å². The summed E-state index contributed by atoms with van der Waals surface area (Å²) < 4.78 is 3.11. The van der Waals surface area contributed by atoms with Crippen LogP contribution >= 0.6 is 0 Å². The Balaban J connectivity index is 1.79. The molecule has 2 aromatic carbocycles. The van der Waals surface area contributed by atoms with Crippen molar-refractivity contribution in [2.24, 2.45) is 0 Å². The number of fused-ring (bicyclic) bond motifs is 1. The van der Waals surface area contributed by atoms with Crippen LogP contribution in [0.2, 0.25) is 0 Å². The molecule has 27 heavy (non-hydrogen) atoms. The molecule has 0 saturated heterocycles. The second kappa shape index (κ2) is 6.92. The van der Waals surface area contributed by atoms with E-state index in [2.05, 4.69) is 10.3 Å². The number of hydrogen-bond donors (Lipinski definition) is 1. The molecule has 0 bridgehead atoms. The van der Waals surface area contributed by atoms with E-state index in [-0.39, 0.29) is 18.0 Å². The number of rotatable bonds is 4. The molecule has 0 saturated carbocycles. The van der Waals surface area contributed by atoms with Gasteiger partial charge in [-0.2, -0.15) is 0 Å². The number of anilines is 1. The van der Waals surface area contributed by atoms with Crippen LogP contribution in [0, 0.1) is 6.92 Å². The summed E-state index contributed by atoms with van der Waals surface area (Å²) in [6.07, 6.45) is 1.62. The molecular weight excluding hydrogens is 340 g/mol. The summed E-state index contributed by atoms with van der Waals surface area (Å²) in [4.78, 5) is 29.9. The summed E-state index contributed by atoms with van der Waals surface area (Å²) >= 11 is 0. The van der Waals surface area contributed by atoms with E-state index in [1.165, 1.54) is 4.68 Å². The molecule has 134 valence electrons. The van der Waals surface area contributed by atoms with E-state index in [9.17, 15) is 9.59 Å². The summed E-state index contributed by atoms with van der Waals surface area (Å²) in [7, 11) is 0. The number of nitrogens with one attached hydrogen (secondary N) is 1. The van der Waals surface area contributed by atoms with Gasteiger partial charge in [0.2, 0.25) is 5.91 Å². The molecule has 0 aliphatic heterocycles. The first-order valence-electron chi connectivity index (χ1n) is 8.62. The van der Waals surface area contributed by atoms with Gasteiger partial charge in [0.1, 0.15) is 6.54 Å². The van der Waals surface area contributed by atoms with E-state index < -0.39 is 0 Å². The first kappa shape index (κ1) is 16.8. The maximum atomic E-state index is 12.9. The summed E-state index contributed by atoms with van der Waals surface area (Å²) in [5, 5.41) is 3.33. The number of amides is 1. The average molecular weight is 358 g/mol. The third-order valence-corrected chi connectivity index (χ3v) is 4.32. The molecule has 0 unspecified atom stereocenters. The standard InChI is InChI=1S/C21H18N4O2/c1-15-9-11-17(12-10-15)25-21(27)18-8-5-13-22-20(18)24(25)14-19(26)23-16-6-3-2-4-7-16/h2-13H,14H2,1H3,(H,23,26). The Morgan fingerprint density at radius 3 is 2.48 bits per heavy atom. The van der Waals surface area contributed by atoms with Crippen LogP contribution in [0.3, 0.4) is 0 Å². The average Bonchev–Trinajstić information content (AvgIpc) is 2.96. The lowest BCUT2D eigenvalue weighted by atomic mass is 10.2. The lowest BCUT2D eigenvalue weighted by molar-refractivity contribution is -0.116. The van der Waals surface area contributed by atoms with Crippen molar-refractivity contribution in [3.05, 3.63) is 88.8 Å². The van der Waals surface area contributed by atoms with Crippen molar-refractivity contribution in [3.8, 4) is 5.69 Å². The molecule has 0 aliphatic rings. The Hall–Kier alpha value is -3.67. The van der Waals surface area contributed by atoms with Gasteiger partial charge in [0.15, 0.2) is 5.65 Å². The lowest BCUT2D eigenvalue weighted by Gasteiger charge is -2.12. The fraction of sp³-hybridized carbons (Fsp3) is 0.0952. The van der Waals surface area contributed by atoms with Gasteiger partial charge < -0.3 is 5.32 Å². The minimum absolute atomic E-state index is 0.0292. The molecule has 0 spiro atoms. The van der Waals surface area contributed by atoms with E-state index in [1.54, 1.807) is 23.0 Å². The third kappa shape index (κ3) is 3.25. The highest BCUT2D eigenvalue weighted by atomic mass is 16.2. The highest BCUT2D eigenvalue weighted by Crippen LogP contribution is 2.15. The summed E-state index contributed by atoms with van der Waals surface area (Å²) in [5.41, 5.74) is 2.77. The number of hydrogen-bond acceptors (Lipinski definition) is 3. The van der Waals surface area contributed by atoms with E-state index in [0.29, 0.717) is 22.4 Å². The van der Waals surface area contributed by atoms with Gasteiger partial charge in [-0.15, -0.1) is 0 Å². The molecule has 1 N–H and O–H groups in total. The summed E-state index contributed by atoms with van der Waals surface area (Å²) in [6, 6.07) is 20.3. The second-order valence-electron chi connectivity index (χ2n) is 6.30. The van der Waals surface area contributed by atoms with Crippen molar-refractivity contribution in [1.29, 1.82) is 0 Å². The van der Waals surface area contributed by atoms with E-state index in [0.717, 1.165) is 5.56 Å². The van der Waals surface area contributed by atoms with Crippen molar-refractivity contribution in [2.45, 2.75) is 13.5 Å². The van der Waals surface area contributed by atoms with Gasteiger partial charge in [-0.25, -0.2) is 9.67 Å². The maximum absolute atomic E-state index is 12.9. The van der Waals surface area contributed by atoms with Crippen molar-refractivity contribution in [3.63, 3.8) is 0 Å². The van der Waals surface area contributed by atoms with Crippen molar-refractivity contribution in [1.82, 2.24) is 14.3 Å². The van der Waals surface area contributed by atoms with Crippen LogP contribution in [-0.4, -0.2) is 20.3 Å². The van der Waals surface area contributed by atoms with E-state index in [4.69, 9.17) is 0 Å². The third-order valence-electron chi connectivity index (χ3n) is 4.32. The molecule has 0 atom stereocenters. The number of carbonyl (C=O) groups is 1. The topological polar surface area (TPSA) is 68.9 Å². The fourth-order valence-corrected chi connectivity index (χ4v) is 3.03. The minimum atomic E-state index is -0.232. The normalized spacial score (nSPS) is 10.9. The van der Waals surface area contributed by atoms with E-state index in [1.807, 2.05) is 61.5 Å². The number of aryl methyl sites for hydroxylation is 1. The molecular formula is C21H18N4O2. The summed E-state index contributed by atoms with van der Waals surface area (Å²) in [6.45, 7) is 1.95. The van der Waals surface area contributed by atoms with Gasteiger partial charge >= 0.3 is 0 Å². The highest BCUT2D eigenvalue weighted by molar-refractivity contribution is 5.91. The molecule has 1 amide bonds. The number of benzene rings is 2. The summed E-state index contributed by atoms with van der Waals surface area (Å²) in [5.74, 6) is -0.232. The maximum Gasteiger partial charge on any atom is 0.280 e. The van der Waals surface area contributed by atoms with Gasteiger partial charge in [-0.05, 0) is 43.3 Å². The molecule has 6 nitrogen and oxygen atoms in total. The fourth-order valence-electron chi connectivity index (χ4n) is 3.03. The Labute approximate surface area is 155 Å². The zero-order valence-corrected chi connectivity index (χ0v) is 14.8. The molecule has 0 aliphatic carbocycles. The molecule has 0 radical (unpaired) electrons. The zero-order valence-electron chi connectivity index (χ0n) is 14.8. The van der Waals surface area contributed by atoms with Crippen LogP contribution < -0.4 is 10.9 Å². The van der Waals surface area contributed by atoms with E-state index >= 15 is 0 Å². The van der Waals surface area contributed by atoms with Crippen LogP contribution in [-0.2, 0) is 11.3 Å². The predicted octanol–water partition coefficient (Wildman–Crippen LogP) is 3.13. The molecule has 2 heterocycles. The van der Waals surface area contributed by atoms with Crippen LogP contribution in [0.25, 0.3) is 16.7 Å². The second-order valence-corrected chi connectivity index (χ2v) is 6.30. The monoisotopic (exact) mass is 358 g/mol. The Morgan fingerprint density at radius 1 is 1.00 bits per heavy atom. The van der Waals surface area contributed by atoms with Gasteiger partial charge in [0.05, 0.1) is 11.1 Å². The SMILES string of the molecule is Cc1ccc(-n2c(=O)c3cccnc3n2CC(=O)Nc2ccccc2)cc1. The first-order chi connectivity index (χ1) is 13.1. The van der Waals surface area contributed by atoms with Gasteiger partial charge in [0, 0.05) is 11.9 Å². The minimum Gasteiger partial charge on any atom is -0.324 e. The number of pyridine rings is 1. The van der Waals surface area contributed by atoms with Crippen molar-refractivity contribution >= 4 is 22.6 Å². The Bertz CT molecular complexity index is 1160. The smallest absolute Gasteiger partial charge is 0.280 e. The first-order valence-corrected chi connectivity index (χ1v) is 8.62. The molecule has 4 rings (SSSR count). The van der Waals surface area contributed by atoms with Gasteiger partial charge in [-0.3, -0.25) is 14.3 Å². The predicted molar refractivity (Wildman–Crippen MR) is 105 cm³/mol. The Kier molecular flexibility index (Phi) is 4.30. The molecule has 0 fully saturated rings. The highest BCUT2D eigenvalue weighted by Gasteiger charge is 2.17. The lowest BCUT2D eigenvalue weighted by Crippen LogP contribution is -2.27. The van der Waals surface area contributed by atoms with Crippen LogP contribution in [0.4, 0.5) is 5.69 Å². The molecule has 4 aromatic rings. The molecule has 2 aromatic heterocycles. The van der Waals surface area contributed by atoms with Crippen molar-refractivity contribution in [2.75, 3.05) is 5.32 Å². The van der Waals surface area contributed by atoms with Gasteiger partial charge in [0.25, 0.3) is 5.56 Å². The number of carbonyl (C=O) groups excluding carboxylic acids is 1. The van der Waals surface area contributed by atoms with Crippen molar-refractivity contribution < 1.29 is 4.79 Å².